The van der Waals surface area contributed by atoms with E-state index in [9.17, 15) is 4.79 Å². The first-order chi connectivity index (χ1) is 8.09. The number of aromatic nitrogens is 2. The smallest absolute Gasteiger partial charge is 0.251 e. The molecule has 0 amide bonds. The predicted molar refractivity (Wildman–Crippen MR) is 71.6 cm³/mol. The van der Waals surface area contributed by atoms with E-state index in [4.69, 9.17) is 12.2 Å². The first kappa shape index (κ1) is 11.6. The van der Waals surface area contributed by atoms with Crippen LogP contribution in [-0.2, 0) is 0 Å². The molecule has 2 rings (SSSR count). The summed E-state index contributed by atoms with van der Waals surface area (Å²) in [5, 5.41) is 0. The molecule has 1 N–H and O–H groups in total. The van der Waals surface area contributed by atoms with Crippen LogP contribution in [0.15, 0.2) is 41.3 Å². The minimum Gasteiger partial charge on any atom is -0.376 e. The van der Waals surface area contributed by atoms with Gasteiger partial charge in [-0.25, -0.2) is 0 Å². The molecule has 0 atom stereocenters. The summed E-state index contributed by atoms with van der Waals surface area (Å²) in [6, 6.07) is 9.33. The highest BCUT2D eigenvalue weighted by Gasteiger charge is 2.05. The van der Waals surface area contributed by atoms with E-state index in [1.807, 2.05) is 43.3 Å². The van der Waals surface area contributed by atoms with Crippen molar-refractivity contribution in [3.63, 3.8) is 0 Å². The minimum atomic E-state index is -0.186. The van der Waals surface area contributed by atoms with Crippen LogP contribution in [0.25, 0.3) is 5.69 Å². The maximum atomic E-state index is 11.1. The summed E-state index contributed by atoms with van der Waals surface area (Å²) in [7, 11) is 3.93. The zero-order chi connectivity index (χ0) is 12.4. The van der Waals surface area contributed by atoms with Gasteiger partial charge >= 0.3 is 0 Å². The van der Waals surface area contributed by atoms with Gasteiger partial charge in [0.15, 0.2) is 4.77 Å². The Bertz CT molecular complexity index is 642. The van der Waals surface area contributed by atoms with Gasteiger partial charge in [-0.1, -0.05) is 12.1 Å². The van der Waals surface area contributed by atoms with E-state index in [0.29, 0.717) is 4.77 Å². The molecule has 0 aliphatic heterocycles. The SMILES string of the molecule is CN(C)c1ccccc1-n1ccc(=O)[nH]c1=S. The normalized spacial score (nSPS) is 10.2. The lowest BCUT2D eigenvalue weighted by atomic mass is 10.2. The molecule has 0 saturated heterocycles. The Morgan fingerprint density at radius 3 is 2.59 bits per heavy atom. The molecule has 5 heteroatoms. The Morgan fingerprint density at radius 2 is 1.94 bits per heavy atom. The molecular weight excluding hydrogens is 234 g/mol. The van der Waals surface area contributed by atoms with Crippen LogP contribution in [0.1, 0.15) is 0 Å². The van der Waals surface area contributed by atoms with Gasteiger partial charge in [0.2, 0.25) is 0 Å². The molecule has 17 heavy (non-hydrogen) atoms. The first-order valence-electron chi connectivity index (χ1n) is 5.18. The second-order valence-corrected chi connectivity index (χ2v) is 4.25. The second-order valence-electron chi connectivity index (χ2n) is 3.86. The number of para-hydroxylation sites is 2. The van der Waals surface area contributed by atoms with Crippen LogP contribution in [0.4, 0.5) is 5.69 Å². The number of aromatic amines is 1. The third kappa shape index (κ3) is 2.29. The second kappa shape index (κ2) is 4.55. The van der Waals surface area contributed by atoms with E-state index >= 15 is 0 Å². The molecule has 0 fully saturated rings. The Balaban J connectivity index is 2.69. The highest BCUT2D eigenvalue weighted by molar-refractivity contribution is 7.71. The summed E-state index contributed by atoms with van der Waals surface area (Å²) in [6.07, 6.45) is 1.68. The summed E-state index contributed by atoms with van der Waals surface area (Å²) in [5.41, 5.74) is 1.79. The molecule has 4 nitrogen and oxygen atoms in total. The van der Waals surface area contributed by atoms with E-state index in [1.54, 1.807) is 10.8 Å². The molecular formula is C12H13N3OS. The molecule has 88 valence electrons. The number of benzene rings is 1. The van der Waals surface area contributed by atoms with Crippen molar-refractivity contribution in [2.75, 3.05) is 19.0 Å². The third-order valence-electron chi connectivity index (χ3n) is 2.45. The highest BCUT2D eigenvalue weighted by atomic mass is 32.1. The van der Waals surface area contributed by atoms with Crippen molar-refractivity contribution in [2.24, 2.45) is 0 Å². The molecule has 0 saturated carbocycles. The van der Waals surface area contributed by atoms with E-state index in [1.165, 1.54) is 6.07 Å². The standard InChI is InChI=1S/C12H13N3OS/c1-14(2)9-5-3-4-6-10(9)15-8-7-11(16)13-12(15)17/h3-8H,1-2H3,(H,13,16,17). The number of hydrogen-bond donors (Lipinski definition) is 1. The summed E-state index contributed by atoms with van der Waals surface area (Å²) in [6.45, 7) is 0. The van der Waals surface area contributed by atoms with Gasteiger partial charge in [0.25, 0.3) is 5.56 Å². The fourth-order valence-electron chi connectivity index (χ4n) is 1.65. The number of H-pyrrole nitrogens is 1. The number of nitrogens with zero attached hydrogens (tertiary/aromatic N) is 2. The molecule has 0 radical (unpaired) electrons. The Hall–Kier alpha value is -1.88. The fraction of sp³-hybridized carbons (Fsp3) is 0.167. The zero-order valence-corrected chi connectivity index (χ0v) is 10.5. The number of rotatable bonds is 2. The van der Waals surface area contributed by atoms with Crippen molar-refractivity contribution in [1.29, 1.82) is 0 Å². The molecule has 0 spiro atoms. The summed E-state index contributed by atoms with van der Waals surface area (Å²) in [4.78, 5) is 15.8. The molecule has 0 unspecified atom stereocenters. The monoisotopic (exact) mass is 247 g/mol. The van der Waals surface area contributed by atoms with Crippen molar-refractivity contribution in [2.45, 2.75) is 0 Å². The van der Waals surface area contributed by atoms with Gasteiger partial charge in [-0.15, -0.1) is 0 Å². The van der Waals surface area contributed by atoms with Gasteiger partial charge in [-0.3, -0.25) is 14.3 Å². The van der Waals surface area contributed by atoms with Crippen LogP contribution in [0.3, 0.4) is 0 Å². The number of hydrogen-bond acceptors (Lipinski definition) is 3. The van der Waals surface area contributed by atoms with Crippen molar-refractivity contribution < 1.29 is 0 Å². The van der Waals surface area contributed by atoms with Crippen molar-refractivity contribution in [3.05, 3.63) is 51.7 Å². The van der Waals surface area contributed by atoms with Crippen LogP contribution in [0.5, 0.6) is 0 Å². The predicted octanol–water partition coefficient (Wildman–Crippen LogP) is 1.96. The van der Waals surface area contributed by atoms with Crippen LogP contribution in [-0.4, -0.2) is 23.6 Å². The van der Waals surface area contributed by atoms with E-state index in [0.717, 1.165) is 11.4 Å². The van der Waals surface area contributed by atoms with Gasteiger partial charge in [0.1, 0.15) is 0 Å². The van der Waals surface area contributed by atoms with E-state index in [-0.39, 0.29) is 5.56 Å². The average molecular weight is 247 g/mol. The lowest BCUT2D eigenvalue weighted by Crippen LogP contribution is -2.15. The lowest BCUT2D eigenvalue weighted by molar-refractivity contribution is 0.928. The Kier molecular flexibility index (Phi) is 3.10. The largest absolute Gasteiger partial charge is 0.376 e. The van der Waals surface area contributed by atoms with Crippen molar-refractivity contribution in [1.82, 2.24) is 9.55 Å². The van der Waals surface area contributed by atoms with Crippen LogP contribution in [0, 0.1) is 4.77 Å². The molecule has 2 aromatic rings. The Morgan fingerprint density at radius 1 is 1.24 bits per heavy atom. The summed E-state index contributed by atoms with van der Waals surface area (Å²) < 4.78 is 2.18. The topological polar surface area (TPSA) is 41.0 Å². The van der Waals surface area contributed by atoms with Gasteiger partial charge < -0.3 is 4.90 Å². The number of anilines is 1. The van der Waals surface area contributed by atoms with Crippen molar-refractivity contribution >= 4 is 17.9 Å². The van der Waals surface area contributed by atoms with E-state index < -0.39 is 0 Å². The summed E-state index contributed by atoms with van der Waals surface area (Å²) >= 11 is 5.16. The molecule has 1 aromatic heterocycles. The zero-order valence-electron chi connectivity index (χ0n) is 9.68. The highest BCUT2D eigenvalue weighted by Crippen LogP contribution is 2.21. The van der Waals surface area contributed by atoms with Crippen LogP contribution < -0.4 is 10.5 Å². The lowest BCUT2D eigenvalue weighted by Gasteiger charge is -2.18. The molecule has 1 aromatic carbocycles. The van der Waals surface area contributed by atoms with Crippen molar-refractivity contribution in [3.8, 4) is 5.69 Å². The van der Waals surface area contributed by atoms with E-state index in [2.05, 4.69) is 4.98 Å². The maximum Gasteiger partial charge on any atom is 0.251 e. The first-order valence-corrected chi connectivity index (χ1v) is 5.59. The van der Waals surface area contributed by atoms with Gasteiger partial charge in [0, 0.05) is 26.4 Å². The van der Waals surface area contributed by atoms with Gasteiger partial charge in [0.05, 0.1) is 11.4 Å². The van der Waals surface area contributed by atoms with Gasteiger partial charge in [-0.2, -0.15) is 0 Å². The molecule has 0 aliphatic carbocycles. The third-order valence-corrected chi connectivity index (χ3v) is 2.75. The molecule has 0 bridgehead atoms. The van der Waals surface area contributed by atoms with Crippen LogP contribution >= 0.6 is 12.2 Å². The quantitative estimate of drug-likeness (QED) is 0.825. The maximum absolute atomic E-state index is 11.1. The van der Waals surface area contributed by atoms with Gasteiger partial charge in [-0.05, 0) is 24.4 Å². The average Bonchev–Trinajstić information content (AvgIpc) is 2.29. The number of nitrogens with one attached hydrogen (secondary N) is 1. The fourth-order valence-corrected chi connectivity index (χ4v) is 1.91. The Labute approximate surface area is 104 Å². The molecule has 1 heterocycles. The minimum absolute atomic E-state index is 0.186. The van der Waals surface area contributed by atoms with Crippen LogP contribution in [0.2, 0.25) is 0 Å². The summed E-state index contributed by atoms with van der Waals surface area (Å²) in [5.74, 6) is 0. The molecule has 0 aliphatic rings.